The van der Waals surface area contributed by atoms with Gasteiger partial charge in [0.2, 0.25) is 5.91 Å². The van der Waals surface area contributed by atoms with E-state index < -0.39 is 5.54 Å². The van der Waals surface area contributed by atoms with Crippen LogP contribution in [0.5, 0.6) is 0 Å². The molecule has 132 valence electrons. The van der Waals surface area contributed by atoms with E-state index in [0.29, 0.717) is 32.4 Å². The van der Waals surface area contributed by atoms with Gasteiger partial charge >= 0.3 is 6.03 Å². The molecule has 1 aromatic carbocycles. The van der Waals surface area contributed by atoms with E-state index in [4.69, 9.17) is 0 Å². The van der Waals surface area contributed by atoms with Crippen LogP contribution in [-0.4, -0.2) is 54.5 Å². The molecule has 1 atom stereocenters. The largest absolute Gasteiger partial charge is 0.325 e. The van der Waals surface area contributed by atoms with Gasteiger partial charge in [-0.2, -0.15) is 0 Å². The number of benzene rings is 1. The van der Waals surface area contributed by atoms with Crippen LogP contribution in [0.2, 0.25) is 0 Å². The number of carbonyl (C=O) groups is 3. The van der Waals surface area contributed by atoms with Crippen molar-refractivity contribution in [1.82, 2.24) is 15.5 Å². The fourth-order valence-electron chi connectivity index (χ4n) is 4.05. The number of carbonyl (C=O) groups excluding carboxylic acids is 3. The first-order chi connectivity index (χ1) is 12.1. The summed E-state index contributed by atoms with van der Waals surface area (Å²) < 4.78 is 0. The molecule has 4 rings (SSSR count). The summed E-state index contributed by atoms with van der Waals surface area (Å²) in [7, 11) is 0. The van der Waals surface area contributed by atoms with Crippen LogP contribution in [0.1, 0.15) is 19.3 Å². The second-order valence-corrected chi connectivity index (χ2v) is 7.09. The van der Waals surface area contributed by atoms with Gasteiger partial charge in [0, 0.05) is 31.1 Å². The van der Waals surface area contributed by atoms with Gasteiger partial charge in [0.05, 0.1) is 0 Å². The van der Waals surface area contributed by atoms with E-state index in [1.54, 1.807) is 4.90 Å². The highest BCUT2D eigenvalue weighted by Crippen LogP contribution is 2.30. The first kappa shape index (κ1) is 16.1. The highest BCUT2D eigenvalue weighted by Gasteiger charge is 2.52. The van der Waals surface area contributed by atoms with Crippen LogP contribution in [-0.2, 0) is 9.59 Å². The Labute approximate surface area is 146 Å². The van der Waals surface area contributed by atoms with Crippen molar-refractivity contribution < 1.29 is 14.4 Å². The van der Waals surface area contributed by atoms with Gasteiger partial charge in [-0.15, -0.1) is 0 Å². The van der Waals surface area contributed by atoms with Crippen LogP contribution in [0.15, 0.2) is 30.3 Å². The van der Waals surface area contributed by atoms with Crippen LogP contribution >= 0.6 is 0 Å². The predicted octanol–water partition coefficient (Wildman–Crippen LogP) is 0.714. The minimum Gasteiger partial charge on any atom is -0.323 e. The van der Waals surface area contributed by atoms with Gasteiger partial charge < -0.3 is 15.5 Å². The summed E-state index contributed by atoms with van der Waals surface area (Å²) in [6.07, 6.45) is 1.60. The number of hydrogen-bond donors (Lipinski definition) is 2. The van der Waals surface area contributed by atoms with E-state index in [1.807, 2.05) is 30.3 Å². The molecule has 0 aliphatic carbocycles. The van der Waals surface area contributed by atoms with Gasteiger partial charge in [0.15, 0.2) is 0 Å². The molecule has 3 saturated heterocycles. The Kier molecular flexibility index (Phi) is 3.95. The van der Waals surface area contributed by atoms with Crippen LogP contribution in [0.4, 0.5) is 10.5 Å². The SMILES string of the molecule is O=C1NC2(CCNCC2)C(=O)N1C[C@H]1CC(=O)N(c2ccccc2)C1. The quantitative estimate of drug-likeness (QED) is 0.793. The minimum atomic E-state index is -0.746. The number of imide groups is 1. The Bertz CT molecular complexity index is 700. The lowest BCUT2D eigenvalue weighted by atomic mass is 9.88. The van der Waals surface area contributed by atoms with E-state index in [1.165, 1.54) is 4.90 Å². The molecule has 0 unspecified atom stereocenters. The van der Waals surface area contributed by atoms with Crippen molar-refractivity contribution in [2.24, 2.45) is 5.92 Å². The summed E-state index contributed by atoms with van der Waals surface area (Å²) >= 11 is 0. The average Bonchev–Trinajstić information content (AvgIpc) is 3.10. The third-order valence-corrected chi connectivity index (χ3v) is 5.42. The first-order valence-corrected chi connectivity index (χ1v) is 8.79. The zero-order chi connectivity index (χ0) is 17.4. The van der Waals surface area contributed by atoms with E-state index in [2.05, 4.69) is 10.6 Å². The third kappa shape index (κ3) is 2.78. The van der Waals surface area contributed by atoms with Gasteiger partial charge in [-0.05, 0) is 38.1 Å². The summed E-state index contributed by atoms with van der Waals surface area (Å²) in [5.74, 6) is -0.122. The maximum atomic E-state index is 12.8. The highest BCUT2D eigenvalue weighted by atomic mass is 16.2. The zero-order valence-electron chi connectivity index (χ0n) is 14.0. The van der Waals surface area contributed by atoms with Crippen LogP contribution in [0.3, 0.4) is 0 Å². The van der Waals surface area contributed by atoms with Gasteiger partial charge in [0.25, 0.3) is 5.91 Å². The monoisotopic (exact) mass is 342 g/mol. The summed E-state index contributed by atoms with van der Waals surface area (Å²) in [5.41, 5.74) is 0.117. The predicted molar refractivity (Wildman–Crippen MR) is 92.0 cm³/mol. The van der Waals surface area contributed by atoms with Gasteiger partial charge in [-0.3, -0.25) is 14.5 Å². The fraction of sp³-hybridized carbons (Fsp3) is 0.500. The smallest absolute Gasteiger partial charge is 0.323 e. The second-order valence-electron chi connectivity index (χ2n) is 7.09. The van der Waals surface area contributed by atoms with Crippen molar-refractivity contribution >= 4 is 23.5 Å². The molecule has 3 aliphatic heterocycles. The number of urea groups is 1. The Morgan fingerprint density at radius 3 is 2.52 bits per heavy atom. The number of para-hydroxylation sites is 1. The molecule has 7 nitrogen and oxygen atoms in total. The lowest BCUT2D eigenvalue weighted by Crippen LogP contribution is -2.54. The van der Waals surface area contributed by atoms with Crippen LogP contribution < -0.4 is 15.5 Å². The number of amides is 4. The van der Waals surface area contributed by atoms with E-state index in [9.17, 15) is 14.4 Å². The lowest BCUT2D eigenvalue weighted by Gasteiger charge is -2.31. The molecule has 3 aliphatic rings. The van der Waals surface area contributed by atoms with Gasteiger partial charge in [-0.1, -0.05) is 18.2 Å². The van der Waals surface area contributed by atoms with E-state index in [0.717, 1.165) is 18.8 Å². The minimum absolute atomic E-state index is 0.0285. The Hall–Kier alpha value is -2.41. The summed E-state index contributed by atoms with van der Waals surface area (Å²) in [4.78, 5) is 40.6. The number of piperidine rings is 1. The lowest BCUT2D eigenvalue weighted by molar-refractivity contribution is -0.132. The molecular weight excluding hydrogens is 320 g/mol. The molecule has 1 spiro atoms. The maximum Gasteiger partial charge on any atom is 0.325 e. The molecule has 2 N–H and O–H groups in total. The number of anilines is 1. The van der Waals surface area contributed by atoms with E-state index in [-0.39, 0.29) is 23.8 Å². The molecule has 7 heteroatoms. The molecule has 0 bridgehead atoms. The Morgan fingerprint density at radius 1 is 1.08 bits per heavy atom. The molecule has 3 heterocycles. The second kappa shape index (κ2) is 6.15. The molecule has 3 fully saturated rings. The normalized spacial score (nSPS) is 25.8. The molecule has 0 radical (unpaired) electrons. The van der Waals surface area contributed by atoms with Crippen LogP contribution in [0.25, 0.3) is 0 Å². The summed E-state index contributed by atoms with van der Waals surface area (Å²) in [5, 5.41) is 6.11. The molecular formula is C18H22N4O3. The van der Waals surface area contributed by atoms with Gasteiger partial charge in [-0.25, -0.2) is 4.79 Å². The molecule has 0 saturated carbocycles. The molecule has 25 heavy (non-hydrogen) atoms. The van der Waals surface area contributed by atoms with E-state index >= 15 is 0 Å². The van der Waals surface area contributed by atoms with Crippen molar-refractivity contribution in [3.8, 4) is 0 Å². The maximum absolute atomic E-state index is 12.8. The Balaban J connectivity index is 1.45. The van der Waals surface area contributed by atoms with Crippen molar-refractivity contribution in [2.75, 3.05) is 31.1 Å². The Morgan fingerprint density at radius 2 is 1.80 bits per heavy atom. The molecule has 4 amide bonds. The molecule has 0 aromatic heterocycles. The number of rotatable bonds is 3. The summed E-state index contributed by atoms with van der Waals surface area (Å²) in [6, 6.07) is 9.18. The van der Waals surface area contributed by atoms with Crippen molar-refractivity contribution in [3.63, 3.8) is 0 Å². The zero-order valence-corrected chi connectivity index (χ0v) is 14.0. The van der Waals surface area contributed by atoms with Crippen molar-refractivity contribution in [2.45, 2.75) is 24.8 Å². The van der Waals surface area contributed by atoms with Gasteiger partial charge in [0.1, 0.15) is 5.54 Å². The fourth-order valence-corrected chi connectivity index (χ4v) is 4.05. The molecule has 1 aromatic rings. The first-order valence-electron chi connectivity index (χ1n) is 8.79. The average molecular weight is 342 g/mol. The third-order valence-electron chi connectivity index (χ3n) is 5.42. The number of hydrogen-bond acceptors (Lipinski definition) is 4. The van der Waals surface area contributed by atoms with Crippen molar-refractivity contribution in [3.05, 3.63) is 30.3 Å². The number of nitrogens with one attached hydrogen (secondary N) is 2. The number of nitrogens with zero attached hydrogens (tertiary/aromatic N) is 2. The van der Waals surface area contributed by atoms with Crippen LogP contribution in [0, 0.1) is 5.92 Å². The summed E-state index contributed by atoms with van der Waals surface area (Å²) in [6.45, 7) is 2.29. The standard InChI is InChI=1S/C18H22N4O3/c23-15-10-13(11-21(15)14-4-2-1-3-5-14)12-22-16(24)18(20-17(22)25)6-8-19-9-7-18/h1-5,13,19H,6-12H2,(H,20,25)/t13-/m0/s1. The highest BCUT2D eigenvalue weighted by molar-refractivity contribution is 6.07. The topological polar surface area (TPSA) is 81.8 Å². The van der Waals surface area contributed by atoms with Crippen molar-refractivity contribution in [1.29, 1.82) is 0 Å².